The minimum atomic E-state index is -1.83. The lowest BCUT2D eigenvalue weighted by Gasteiger charge is -2.17. The van der Waals surface area contributed by atoms with Gasteiger partial charge in [0.05, 0.1) is 0 Å². The molecule has 0 aliphatic carbocycles. The van der Waals surface area contributed by atoms with Crippen LogP contribution in [0.3, 0.4) is 0 Å². The van der Waals surface area contributed by atoms with Crippen molar-refractivity contribution < 1.29 is 9.53 Å². The van der Waals surface area contributed by atoms with E-state index in [-0.39, 0.29) is 5.92 Å². The van der Waals surface area contributed by atoms with E-state index in [1.54, 1.807) is 13.8 Å². The van der Waals surface area contributed by atoms with Gasteiger partial charge in [-0.2, -0.15) is 0 Å². The van der Waals surface area contributed by atoms with Gasteiger partial charge in [-0.15, -0.1) is 12.6 Å². The zero-order valence-corrected chi connectivity index (χ0v) is 9.71. The summed E-state index contributed by atoms with van der Waals surface area (Å²) in [5.74, 6) is -0.859. The molecule has 12 heavy (non-hydrogen) atoms. The van der Waals surface area contributed by atoms with Crippen LogP contribution in [0.15, 0.2) is 0 Å². The molecule has 0 aromatic carbocycles. The average molecular weight is 252 g/mol. The molecule has 0 bridgehead atoms. The second-order valence-corrected chi connectivity index (χ2v) is 5.50. The highest BCUT2D eigenvalue weighted by Crippen LogP contribution is 2.28. The molecule has 0 aliphatic rings. The van der Waals surface area contributed by atoms with Gasteiger partial charge in [-0.3, -0.25) is 0 Å². The van der Waals surface area contributed by atoms with E-state index in [0.29, 0.717) is 0 Å². The van der Waals surface area contributed by atoms with Crippen LogP contribution in [0.25, 0.3) is 0 Å². The van der Waals surface area contributed by atoms with Gasteiger partial charge >= 0.3 is 5.97 Å². The van der Waals surface area contributed by atoms with E-state index in [9.17, 15) is 4.79 Å². The predicted molar refractivity (Wildman–Crippen MR) is 54.0 cm³/mol. The second kappa shape index (κ2) is 4.80. The highest BCUT2D eigenvalue weighted by atomic mass is 35.5. The second-order valence-electron chi connectivity index (χ2n) is 2.54. The van der Waals surface area contributed by atoms with Crippen molar-refractivity contribution in [1.82, 2.24) is 0 Å². The van der Waals surface area contributed by atoms with E-state index in [2.05, 4.69) is 17.4 Å². The third kappa shape index (κ3) is 4.65. The van der Waals surface area contributed by atoms with Crippen LogP contribution in [0.5, 0.6) is 0 Å². The zero-order valence-electron chi connectivity index (χ0n) is 6.55. The summed E-state index contributed by atoms with van der Waals surface area (Å²) in [6, 6.07) is 0. The lowest BCUT2D eigenvalue weighted by Crippen LogP contribution is -2.27. The predicted octanol–water partition coefficient (Wildman–Crippen LogP) is 2.81. The number of rotatable bonds is 3. The Hall–Kier alpha value is 0.690. The molecule has 2 nitrogen and oxygen atoms in total. The van der Waals surface area contributed by atoms with E-state index in [1.807, 2.05) is 0 Å². The maximum absolute atomic E-state index is 10.9. The number of alkyl halides is 3. The monoisotopic (exact) mass is 250 g/mol. The van der Waals surface area contributed by atoms with Crippen LogP contribution in [0.4, 0.5) is 0 Å². The summed E-state index contributed by atoms with van der Waals surface area (Å²) >= 11 is 19.9. The largest absolute Gasteiger partial charge is 0.443 e. The SMILES string of the molecule is CC(C)C(Cl)OC(=O)C(S)(Cl)Cl. The molecule has 0 spiro atoms. The molecule has 0 N–H and O–H groups in total. The Bertz CT molecular complexity index is 167. The van der Waals surface area contributed by atoms with Crippen molar-refractivity contribution in [2.75, 3.05) is 0 Å². The molecular weight excluding hydrogens is 242 g/mol. The number of halogens is 3. The number of hydrogen-bond acceptors (Lipinski definition) is 3. The Labute approximate surface area is 91.9 Å². The topological polar surface area (TPSA) is 26.3 Å². The number of carbonyl (C=O) groups excluding carboxylic acids is 1. The third-order valence-corrected chi connectivity index (χ3v) is 2.07. The molecule has 0 amide bonds. The first-order chi connectivity index (χ1) is 5.25. The molecule has 0 aromatic rings. The fourth-order valence-corrected chi connectivity index (χ4v) is 0.532. The molecule has 0 aromatic heterocycles. The highest BCUT2D eigenvalue weighted by Gasteiger charge is 2.33. The van der Waals surface area contributed by atoms with E-state index >= 15 is 0 Å². The molecule has 0 saturated heterocycles. The molecule has 0 heterocycles. The standard InChI is InChI=1S/C6H9Cl3O2S/c1-3(2)4(7)11-5(10)6(8,9)12/h3-4,12H,1-2H3. The molecule has 1 unspecified atom stereocenters. The van der Waals surface area contributed by atoms with Gasteiger partial charge in [0, 0.05) is 5.92 Å². The van der Waals surface area contributed by atoms with Gasteiger partial charge in [0.25, 0.3) is 3.67 Å². The van der Waals surface area contributed by atoms with Crippen molar-refractivity contribution in [3.63, 3.8) is 0 Å². The average Bonchev–Trinajstić information content (AvgIpc) is 1.85. The van der Waals surface area contributed by atoms with Crippen molar-refractivity contribution in [3.8, 4) is 0 Å². The Morgan fingerprint density at radius 1 is 1.50 bits per heavy atom. The van der Waals surface area contributed by atoms with E-state index in [1.165, 1.54) is 0 Å². The Morgan fingerprint density at radius 3 is 2.17 bits per heavy atom. The zero-order chi connectivity index (χ0) is 9.94. The molecular formula is C6H9Cl3O2S. The Kier molecular flexibility index (Phi) is 5.07. The molecule has 0 aliphatic heterocycles. The molecule has 0 rings (SSSR count). The fraction of sp³-hybridized carbons (Fsp3) is 0.833. The first-order valence-corrected chi connectivity index (χ1v) is 4.84. The quantitative estimate of drug-likeness (QED) is 0.474. The molecule has 6 heteroatoms. The molecule has 0 radical (unpaired) electrons. The number of esters is 1. The minimum Gasteiger partial charge on any atom is -0.443 e. The van der Waals surface area contributed by atoms with Crippen molar-refractivity contribution in [3.05, 3.63) is 0 Å². The summed E-state index contributed by atoms with van der Waals surface area (Å²) in [6.07, 6.45) is 0. The summed E-state index contributed by atoms with van der Waals surface area (Å²) < 4.78 is 2.83. The van der Waals surface area contributed by atoms with Crippen LogP contribution in [-0.4, -0.2) is 15.2 Å². The van der Waals surface area contributed by atoms with Gasteiger partial charge in [0.1, 0.15) is 0 Å². The van der Waals surface area contributed by atoms with Crippen LogP contribution in [0, 0.1) is 5.92 Å². The number of thiol groups is 1. The fourth-order valence-electron chi connectivity index (χ4n) is 0.309. The molecule has 0 saturated carbocycles. The van der Waals surface area contributed by atoms with Crippen molar-refractivity contribution >= 4 is 53.4 Å². The third-order valence-electron chi connectivity index (χ3n) is 0.989. The van der Waals surface area contributed by atoms with Crippen LogP contribution < -0.4 is 0 Å². The van der Waals surface area contributed by atoms with Gasteiger partial charge < -0.3 is 4.74 Å². The summed E-state index contributed by atoms with van der Waals surface area (Å²) in [4.78, 5) is 10.9. The van der Waals surface area contributed by atoms with Crippen LogP contribution in [0.2, 0.25) is 0 Å². The number of ether oxygens (including phenoxy) is 1. The number of hydrogen-bond donors (Lipinski definition) is 1. The van der Waals surface area contributed by atoms with Crippen LogP contribution in [0.1, 0.15) is 13.8 Å². The van der Waals surface area contributed by atoms with Crippen molar-refractivity contribution in [2.45, 2.75) is 23.1 Å². The van der Waals surface area contributed by atoms with Gasteiger partial charge in [-0.05, 0) is 0 Å². The van der Waals surface area contributed by atoms with Crippen molar-refractivity contribution in [1.29, 1.82) is 0 Å². The van der Waals surface area contributed by atoms with Crippen LogP contribution in [-0.2, 0) is 9.53 Å². The smallest absolute Gasteiger partial charge is 0.354 e. The number of carbonyl (C=O) groups is 1. The lowest BCUT2D eigenvalue weighted by atomic mass is 10.2. The lowest BCUT2D eigenvalue weighted by molar-refractivity contribution is -0.145. The van der Waals surface area contributed by atoms with E-state index in [0.717, 1.165) is 0 Å². The van der Waals surface area contributed by atoms with E-state index in [4.69, 9.17) is 34.8 Å². The van der Waals surface area contributed by atoms with Crippen LogP contribution >= 0.6 is 47.4 Å². The molecule has 72 valence electrons. The summed E-state index contributed by atoms with van der Waals surface area (Å²) in [5, 5.41) is 0. The van der Waals surface area contributed by atoms with Gasteiger partial charge in [-0.1, -0.05) is 48.7 Å². The van der Waals surface area contributed by atoms with Gasteiger partial charge in [-0.25, -0.2) is 4.79 Å². The van der Waals surface area contributed by atoms with Gasteiger partial charge in [0.15, 0.2) is 5.56 Å². The molecule has 0 fully saturated rings. The molecule has 1 atom stereocenters. The maximum Gasteiger partial charge on any atom is 0.354 e. The summed E-state index contributed by atoms with van der Waals surface area (Å²) in [7, 11) is 0. The first kappa shape index (κ1) is 12.7. The normalized spacial score (nSPS) is 14.6. The summed E-state index contributed by atoms with van der Waals surface area (Å²) in [6.45, 7) is 3.60. The minimum absolute atomic E-state index is 0.000340. The van der Waals surface area contributed by atoms with Crippen molar-refractivity contribution in [2.24, 2.45) is 5.92 Å². The van der Waals surface area contributed by atoms with Gasteiger partial charge in [0.2, 0.25) is 0 Å². The first-order valence-electron chi connectivity index (χ1n) is 3.20. The van der Waals surface area contributed by atoms with E-state index < -0.39 is 15.2 Å². The maximum atomic E-state index is 10.9. The Morgan fingerprint density at radius 2 is 1.92 bits per heavy atom. The Balaban J connectivity index is 4.02. The highest BCUT2D eigenvalue weighted by molar-refractivity contribution is 7.86. The summed E-state index contributed by atoms with van der Waals surface area (Å²) in [5.41, 5.74) is -0.735.